The monoisotopic (exact) mass is 261 g/mol. The third-order valence-electron chi connectivity index (χ3n) is 5.72. The van der Waals surface area contributed by atoms with E-state index >= 15 is 0 Å². The van der Waals surface area contributed by atoms with Gasteiger partial charge in [0.15, 0.2) is 0 Å². The summed E-state index contributed by atoms with van der Waals surface area (Å²) in [5, 5.41) is 9.83. The van der Waals surface area contributed by atoms with Crippen molar-refractivity contribution in [1.29, 1.82) is 0 Å². The highest BCUT2D eigenvalue weighted by Crippen LogP contribution is 2.60. The molecule has 104 valence electrons. The highest BCUT2D eigenvalue weighted by Gasteiger charge is 2.53. The van der Waals surface area contributed by atoms with Crippen molar-refractivity contribution >= 4 is 0 Å². The predicted molar refractivity (Wildman–Crippen MR) is 72.5 cm³/mol. The van der Waals surface area contributed by atoms with E-state index in [9.17, 15) is 5.11 Å². The minimum Gasteiger partial charge on any atom is -0.386 e. The molecule has 4 aliphatic carbocycles. The summed E-state index contributed by atoms with van der Waals surface area (Å²) in [5.41, 5.74) is 6.59. The first-order chi connectivity index (χ1) is 9.18. The molecular weight excluding hydrogens is 238 g/mol. The molecule has 4 bridgehead atoms. The van der Waals surface area contributed by atoms with Crippen LogP contribution in [0.1, 0.15) is 56.1 Å². The van der Waals surface area contributed by atoms with Crippen LogP contribution in [-0.2, 0) is 5.41 Å². The van der Waals surface area contributed by atoms with Crippen molar-refractivity contribution in [3.63, 3.8) is 0 Å². The van der Waals surface area contributed by atoms with Crippen LogP contribution in [0, 0.1) is 17.8 Å². The van der Waals surface area contributed by atoms with Crippen LogP contribution in [0.2, 0.25) is 0 Å². The number of H-pyrrole nitrogens is 1. The lowest BCUT2D eigenvalue weighted by Gasteiger charge is -2.56. The smallest absolute Gasteiger partial charge is 0.112 e. The first-order valence-corrected chi connectivity index (χ1v) is 7.62. The third-order valence-corrected chi connectivity index (χ3v) is 5.72. The fraction of sp³-hybridized carbons (Fsp3) is 0.800. The number of aliphatic hydroxyl groups is 1. The number of hydrogen-bond donors (Lipinski definition) is 3. The summed E-state index contributed by atoms with van der Waals surface area (Å²) in [4.78, 5) is 7.98. The van der Waals surface area contributed by atoms with E-state index in [4.69, 9.17) is 5.73 Å². The second kappa shape index (κ2) is 4.06. The van der Waals surface area contributed by atoms with Crippen molar-refractivity contribution in [1.82, 2.24) is 9.97 Å². The molecule has 4 aliphatic rings. The first kappa shape index (κ1) is 11.9. The quantitative estimate of drug-likeness (QED) is 0.777. The Morgan fingerprint density at radius 2 is 1.84 bits per heavy atom. The zero-order chi connectivity index (χ0) is 13.0. The first-order valence-electron chi connectivity index (χ1n) is 7.62. The van der Waals surface area contributed by atoms with E-state index in [1.54, 1.807) is 6.20 Å². The van der Waals surface area contributed by atoms with Gasteiger partial charge in [0, 0.05) is 12.0 Å². The van der Waals surface area contributed by atoms with Gasteiger partial charge in [0.1, 0.15) is 11.9 Å². The maximum atomic E-state index is 9.83. The molecule has 1 atom stereocenters. The Hall–Kier alpha value is -0.870. The predicted octanol–water partition coefficient (Wildman–Crippen LogP) is 1.87. The van der Waals surface area contributed by atoms with Crippen LogP contribution in [-0.4, -0.2) is 21.6 Å². The Bertz CT molecular complexity index is 446. The van der Waals surface area contributed by atoms with Crippen LogP contribution in [0.25, 0.3) is 0 Å². The van der Waals surface area contributed by atoms with E-state index in [1.807, 2.05) is 0 Å². The summed E-state index contributed by atoms with van der Waals surface area (Å²) in [6, 6.07) is 0. The Labute approximate surface area is 113 Å². The molecule has 4 N–H and O–H groups in total. The van der Waals surface area contributed by atoms with E-state index in [-0.39, 0.29) is 12.0 Å². The minimum absolute atomic E-state index is 0.252. The number of aromatic amines is 1. The Balaban J connectivity index is 1.66. The molecule has 5 rings (SSSR count). The van der Waals surface area contributed by atoms with Crippen molar-refractivity contribution in [2.45, 2.75) is 50.0 Å². The van der Waals surface area contributed by atoms with Gasteiger partial charge in [0.2, 0.25) is 0 Å². The van der Waals surface area contributed by atoms with Crippen LogP contribution in [0.15, 0.2) is 6.20 Å². The number of imidazole rings is 1. The molecule has 4 fully saturated rings. The molecule has 1 heterocycles. The molecule has 1 aromatic rings. The molecule has 4 heteroatoms. The Morgan fingerprint density at radius 1 is 1.26 bits per heavy atom. The summed E-state index contributed by atoms with van der Waals surface area (Å²) >= 11 is 0. The molecular formula is C15H23N3O. The molecule has 0 radical (unpaired) electrons. The molecule has 4 nitrogen and oxygen atoms in total. The van der Waals surface area contributed by atoms with E-state index in [0.29, 0.717) is 0 Å². The lowest BCUT2D eigenvalue weighted by molar-refractivity contribution is -0.00914. The third kappa shape index (κ3) is 1.77. The van der Waals surface area contributed by atoms with E-state index in [0.717, 1.165) is 29.3 Å². The normalized spacial score (nSPS) is 41.7. The van der Waals surface area contributed by atoms with Gasteiger partial charge >= 0.3 is 0 Å². The van der Waals surface area contributed by atoms with Gasteiger partial charge < -0.3 is 15.8 Å². The number of aromatic nitrogens is 2. The van der Waals surface area contributed by atoms with Crippen molar-refractivity contribution in [2.75, 3.05) is 6.54 Å². The summed E-state index contributed by atoms with van der Waals surface area (Å²) in [7, 11) is 0. The maximum Gasteiger partial charge on any atom is 0.112 e. The molecule has 1 aromatic heterocycles. The summed E-state index contributed by atoms with van der Waals surface area (Å²) in [5.74, 6) is 3.87. The lowest BCUT2D eigenvalue weighted by Crippen LogP contribution is -2.49. The minimum atomic E-state index is -0.602. The number of aliphatic hydroxyl groups excluding tert-OH is 1. The fourth-order valence-electron chi connectivity index (χ4n) is 5.30. The van der Waals surface area contributed by atoms with Gasteiger partial charge in [0.25, 0.3) is 0 Å². The zero-order valence-corrected chi connectivity index (χ0v) is 11.3. The molecule has 1 unspecified atom stereocenters. The van der Waals surface area contributed by atoms with Crippen LogP contribution in [0.4, 0.5) is 0 Å². The largest absolute Gasteiger partial charge is 0.386 e. The number of nitrogens with zero attached hydrogens (tertiary/aromatic N) is 1. The summed E-state index contributed by atoms with van der Waals surface area (Å²) in [6.07, 6.45) is 9.40. The van der Waals surface area contributed by atoms with Gasteiger partial charge in [-0.2, -0.15) is 0 Å². The standard InChI is InChI=1S/C15H23N3O/c16-7-13(19)12-8-17-14(18-12)15-4-9-1-10(5-15)3-11(2-9)6-15/h8-11,13,19H,1-7,16H2,(H,17,18). The average Bonchev–Trinajstić information content (AvgIpc) is 2.86. The molecule has 0 aliphatic heterocycles. The number of hydrogen-bond acceptors (Lipinski definition) is 3. The Morgan fingerprint density at radius 3 is 2.37 bits per heavy atom. The lowest BCUT2D eigenvalue weighted by atomic mass is 9.49. The van der Waals surface area contributed by atoms with Crippen molar-refractivity contribution in [3.8, 4) is 0 Å². The van der Waals surface area contributed by atoms with Gasteiger partial charge in [-0.1, -0.05) is 0 Å². The molecule has 0 amide bonds. The number of nitrogens with two attached hydrogens (primary N) is 1. The SMILES string of the molecule is NCC(O)c1cnc(C23CC4CC(CC(C4)C2)C3)[nH]1. The van der Waals surface area contributed by atoms with E-state index in [1.165, 1.54) is 38.5 Å². The zero-order valence-electron chi connectivity index (χ0n) is 11.3. The molecule has 19 heavy (non-hydrogen) atoms. The number of rotatable bonds is 3. The van der Waals surface area contributed by atoms with Gasteiger partial charge in [-0.3, -0.25) is 0 Å². The van der Waals surface area contributed by atoms with Gasteiger partial charge in [0.05, 0.1) is 11.9 Å². The maximum absolute atomic E-state index is 9.83. The van der Waals surface area contributed by atoms with Crippen LogP contribution >= 0.6 is 0 Å². The topological polar surface area (TPSA) is 74.9 Å². The van der Waals surface area contributed by atoms with Crippen LogP contribution in [0.3, 0.4) is 0 Å². The molecule has 0 spiro atoms. The van der Waals surface area contributed by atoms with E-state index < -0.39 is 6.10 Å². The van der Waals surface area contributed by atoms with Crippen molar-refractivity contribution in [2.24, 2.45) is 23.5 Å². The van der Waals surface area contributed by atoms with Crippen molar-refractivity contribution < 1.29 is 5.11 Å². The molecule has 0 aromatic carbocycles. The second-order valence-electron chi connectivity index (χ2n) is 7.14. The Kier molecular flexibility index (Phi) is 2.55. The summed E-state index contributed by atoms with van der Waals surface area (Å²) < 4.78 is 0. The van der Waals surface area contributed by atoms with Crippen LogP contribution in [0.5, 0.6) is 0 Å². The highest BCUT2D eigenvalue weighted by atomic mass is 16.3. The van der Waals surface area contributed by atoms with Gasteiger partial charge in [-0.25, -0.2) is 4.98 Å². The van der Waals surface area contributed by atoms with Crippen LogP contribution < -0.4 is 5.73 Å². The van der Waals surface area contributed by atoms with Gasteiger partial charge in [-0.15, -0.1) is 0 Å². The van der Waals surface area contributed by atoms with Crippen molar-refractivity contribution in [3.05, 3.63) is 17.7 Å². The molecule has 4 saturated carbocycles. The second-order valence-corrected chi connectivity index (χ2v) is 7.14. The van der Waals surface area contributed by atoms with E-state index in [2.05, 4.69) is 9.97 Å². The average molecular weight is 261 g/mol. The highest BCUT2D eigenvalue weighted by molar-refractivity contribution is 5.20. The molecule has 0 saturated heterocycles. The fourth-order valence-corrected chi connectivity index (χ4v) is 5.30. The number of nitrogens with one attached hydrogen (secondary N) is 1. The van der Waals surface area contributed by atoms with Gasteiger partial charge in [-0.05, 0) is 56.3 Å². The summed E-state index contributed by atoms with van der Waals surface area (Å²) in [6.45, 7) is 0.252.